The molecule has 0 aliphatic rings. The van der Waals surface area contributed by atoms with Crippen molar-refractivity contribution in [1.82, 2.24) is 10.3 Å². The van der Waals surface area contributed by atoms with E-state index in [0.717, 1.165) is 17.4 Å². The quantitative estimate of drug-likeness (QED) is 0.864. The zero-order valence-corrected chi connectivity index (χ0v) is 11.5. The lowest BCUT2D eigenvalue weighted by atomic mass is 10.0. The lowest BCUT2D eigenvalue weighted by molar-refractivity contribution is 0.0911. The highest BCUT2D eigenvalue weighted by Crippen LogP contribution is 2.11. The molecule has 0 saturated heterocycles. The smallest absolute Gasteiger partial charge is 0.251 e. The monoisotopic (exact) mass is 284 g/mol. The lowest BCUT2D eigenvalue weighted by Crippen LogP contribution is -2.43. The first kappa shape index (κ1) is 13.2. The van der Waals surface area contributed by atoms with E-state index in [9.17, 15) is 4.79 Å². The van der Waals surface area contributed by atoms with E-state index in [0.29, 0.717) is 5.56 Å². The average molecular weight is 285 g/mol. The van der Waals surface area contributed by atoms with Crippen LogP contribution in [0.25, 0.3) is 0 Å². The van der Waals surface area contributed by atoms with E-state index in [1.165, 1.54) is 0 Å². The molecule has 0 spiro atoms. The van der Waals surface area contributed by atoms with Crippen molar-refractivity contribution in [3.8, 4) is 0 Å². The Morgan fingerprint density at radius 1 is 1.56 bits per heavy atom. The number of aromatic nitrogens is 1. The summed E-state index contributed by atoms with van der Waals surface area (Å²) in [5, 5.41) is 3.87. The molecule has 16 heavy (non-hydrogen) atoms. The van der Waals surface area contributed by atoms with E-state index in [1.54, 1.807) is 18.3 Å². The molecule has 1 N–H and O–H groups in total. The summed E-state index contributed by atoms with van der Waals surface area (Å²) in [5.74, 6) is -0.0450. The number of rotatable bonds is 4. The number of carbonyl (C=O) groups excluding carboxylic acids is 1. The molecule has 4 heteroatoms. The van der Waals surface area contributed by atoms with Crippen LogP contribution in [-0.2, 0) is 0 Å². The molecule has 0 fully saturated rings. The maximum absolute atomic E-state index is 11.9. The number of nitrogens with zero attached hydrogens (tertiary/aromatic N) is 1. The Labute approximate surface area is 105 Å². The zero-order chi connectivity index (χ0) is 12.2. The second-order valence-electron chi connectivity index (χ2n) is 4.46. The van der Waals surface area contributed by atoms with Gasteiger partial charge in [-0.1, -0.05) is 15.9 Å². The highest BCUT2D eigenvalue weighted by molar-refractivity contribution is 9.09. The van der Waals surface area contributed by atoms with Crippen molar-refractivity contribution in [2.45, 2.75) is 32.7 Å². The first-order chi connectivity index (χ1) is 7.44. The van der Waals surface area contributed by atoms with Crippen LogP contribution in [0.1, 0.15) is 36.3 Å². The SMILES string of the molecule is Cc1cc(C(=O)NC(C)(C)CCBr)ccn1. The van der Waals surface area contributed by atoms with E-state index in [2.05, 4.69) is 26.2 Å². The van der Waals surface area contributed by atoms with Gasteiger partial charge < -0.3 is 5.32 Å². The fourth-order valence-electron chi connectivity index (χ4n) is 1.37. The number of nitrogens with one attached hydrogen (secondary N) is 1. The van der Waals surface area contributed by atoms with Crippen molar-refractivity contribution in [2.75, 3.05) is 5.33 Å². The summed E-state index contributed by atoms with van der Waals surface area (Å²) in [6, 6.07) is 3.52. The van der Waals surface area contributed by atoms with Gasteiger partial charge in [0.1, 0.15) is 0 Å². The van der Waals surface area contributed by atoms with Gasteiger partial charge >= 0.3 is 0 Å². The molecule has 0 bridgehead atoms. The summed E-state index contributed by atoms with van der Waals surface area (Å²) in [6.45, 7) is 5.90. The van der Waals surface area contributed by atoms with Crippen molar-refractivity contribution in [2.24, 2.45) is 0 Å². The van der Waals surface area contributed by atoms with Crippen molar-refractivity contribution in [1.29, 1.82) is 0 Å². The molecule has 1 rings (SSSR count). The fraction of sp³-hybridized carbons (Fsp3) is 0.500. The van der Waals surface area contributed by atoms with Crippen LogP contribution in [0.3, 0.4) is 0 Å². The molecule has 88 valence electrons. The highest BCUT2D eigenvalue weighted by Gasteiger charge is 2.20. The predicted molar refractivity (Wildman–Crippen MR) is 68.9 cm³/mol. The Kier molecular flexibility index (Phi) is 4.47. The molecule has 1 heterocycles. The maximum atomic E-state index is 11.9. The van der Waals surface area contributed by atoms with Crippen molar-refractivity contribution in [3.63, 3.8) is 0 Å². The van der Waals surface area contributed by atoms with E-state index >= 15 is 0 Å². The van der Waals surface area contributed by atoms with Gasteiger partial charge in [0.2, 0.25) is 0 Å². The number of pyridine rings is 1. The van der Waals surface area contributed by atoms with Gasteiger partial charge in [0.05, 0.1) is 0 Å². The minimum atomic E-state index is -0.197. The maximum Gasteiger partial charge on any atom is 0.251 e. The Bertz CT molecular complexity index is 377. The van der Waals surface area contributed by atoms with Gasteiger partial charge in [0.15, 0.2) is 0 Å². The van der Waals surface area contributed by atoms with Crippen LogP contribution in [0, 0.1) is 6.92 Å². The number of alkyl halides is 1. The summed E-state index contributed by atoms with van der Waals surface area (Å²) in [7, 11) is 0. The fourth-order valence-corrected chi connectivity index (χ4v) is 2.36. The van der Waals surface area contributed by atoms with E-state index < -0.39 is 0 Å². The molecule has 1 aromatic heterocycles. The average Bonchev–Trinajstić information content (AvgIpc) is 2.16. The van der Waals surface area contributed by atoms with E-state index in [1.807, 2.05) is 20.8 Å². The molecule has 0 aliphatic heterocycles. The largest absolute Gasteiger partial charge is 0.347 e. The lowest BCUT2D eigenvalue weighted by Gasteiger charge is -2.25. The molecule has 0 radical (unpaired) electrons. The van der Waals surface area contributed by atoms with E-state index in [4.69, 9.17) is 0 Å². The Balaban J connectivity index is 2.72. The van der Waals surface area contributed by atoms with Crippen LogP contribution < -0.4 is 5.32 Å². The summed E-state index contributed by atoms with van der Waals surface area (Å²) >= 11 is 3.38. The number of amides is 1. The molecular weight excluding hydrogens is 268 g/mol. The predicted octanol–water partition coefficient (Wildman–Crippen LogP) is 2.68. The molecule has 0 aromatic carbocycles. The minimum Gasteiger partial charge on any atom is -0.347 e. The first-order valence-electron chi connectivity index (χ1n) is 5.26. The van der Waals surface area contributed by atoms with Crippen molar-refractivity contribution in [3.05, 3.63) is 29.6 Å². The van der Waals surface area contributed by atoms with Crippen LogP contribution in [0.4, 0.5) is 0 Å². The summed E-state index contributed by atoms with van der Waals surface area (Å²) in [4.78, 5) is 16.0. The third kappa shape index (κ3) is 3.93. The topological polar surface area (TPSA) is 42.0 Å². The minimum absolute atomic E-state index is 0.0450. The van der Waals surface area contributed by atoms with Gasteiger partial charge in [-0.3, -0.25) is 9.78 Å². The number of hydrogen-bond acceptors (Lipinski definition) is 2. The zero-order valence-electron chi connectivity index (χ0n) is 9.88. The van der Waals surface area contributed by atoms with Crippen LogP contribution in [0.2, 0.25) is 0 Å². The highest BCUT2D eigenvalue weighted by atomic mass is 79.9. The Morgan fingerprint density at radius 2 is 2.25 bits per heavy atom. The van der Waals surface area contributed by atoms with Gasteiger partial charge in [-0.15, -0.1) is 0 Å². The van der Waals surface area contributed by atoms with Gasteiger partial charge in [-0.2, -0.15) is 0 Å². The standard InChI is InChI=1S/C12H17BrN2O/c1-9-8-10(4-7-14-9)11(16)15-12(2,3)5-6-13/h4,7-8H,5-6H2,1-3H3,(H,15,16). The molecule has 0 atom stereocenters. The molecule has 0 aliphatic carbocycles. The van der Waals surface area contributed by atoms with Gasteiger partial charge in [-0.25, -0.2) is 0 Å². The molecule has 0 unspecified atom stereocenters. The third-order valence-corrected chi connectivity index (χ3v) is 2.73. The second-order valence-corrected chi connectivity index (χ2v) is 5.26. The van der Waals surface area contributed by atoms with Crippen LogP contribution in [-0.4, -0.2) is 21.8 Å². The first-order valence-corrected chi connectivity index (χ1v) is 6.38. The second kappa shape index (κ2) is 5.43. The molecule has 1 amide bonds. The van der Waals surface area contributed by atoms with Crippen LogP contribution in [0.15, 0.2) is 18.3 Å². The number of halogens is 1. The Hall–Kier alpha value is -0.900. The summed E-state index contributed by atoms with van der Waals surface area (Å²) < 4.78 is 0. The molecule has 3 nitrogen and oxygen atoms in total. The third-order valence-electron chi connectivity index (χ3n) is 2.33. The summed E-state index contributed by atoms with van der Waals surface area (Å²) in [6.07, 6.45) is 2.55. The normalized spacial score (nSPS) is 11.2. The van der Waals surface area contributed by atoms with Crippen LogP contribution in [0.5, 0.6) is 0 Å². The molecular formula is C12H17BrN2O. The van der Waals surface area contributed by atoms with Crippen molar-refractivity contribution < 1.29 is 4.79 Å². The van der Waals surface area contributed by atoms with Crippen molar-refractivity contribution >= 4 is 21.8 Å². The van der Waals surface area contributed by atoms with Gasteiger partial charge in [-0.05, 0) is 39.3 Å². The summed E-state index contributed by atoms with van der Waals surface area (Å²) in [5.41, 5.74) is 1.32. The van der Waals surface area contributed by atoms with E-state index in [-0.39, 0.29) is 11.4 Å². The van der Waals surface area contributed by atoms with Gasteiger partial charge in [0, 0.05) is 28.3 Å². The molecule has 1 aromatic rings. The van der Waals surface area contributed by atoms with Gasteiger partial charge in [0.25, 0.3) is 5.91 Å². The number of hydrogen-bond donors (Lipinski definition) is 1. The van der Waals surface area contributed by atoms with Crippen LogP contribution >= 0.6 is 15.9 Å². The Morgan fingerprint density at radius 3 is 2.81 bits per heavy atom. The number of aryl methyl sites for hydroxylation is 1. The number of carbonyl (C=O) groups is 1. The molecule has 0 saturated carbocycles.